The molecule has 0 aromatic carbocycles. The Kier molecular flexibility index (Phi) is 4.01. The molecule has 6 heteroatoms. The first-order valence-electron chi connectivity index (χ1n) is 6.35. The normalized spacial score (nSPS) is 23.2. The van der Waals surface area contributed by atoms with Gasteiger partial charge < -0.3 is 15.1 Å². The van der Waals surface area contributed by atoms with Crippen molar-refractivity contribution >= 4 is 11.7 Å². The van der Waals surface area contributed by atoms with Crippen molar-refractivity contribution in [3.63, 3.8) is 0 Å². The van der Waals surface area contributed by atoms with Crippen LogP contribution in [0.4, 0.5) is 5.82 Å². The third-order valence-corrected chi connectivity index (χ3v) is 3.59. The topological polar surface area (TPSA) is 80.5 Å². The maximum absolute atomic E-state index is 12.4. The van der Waals surface area contributed by atoms with Gasteiger partial charge in [-0.25, -0.2) is 10.8 Å². The molecule has 1 amide bonds. The monoisotopic (exact) mass is 264 g/mol. The highest BCUT2D eigenvalue weighted by Crippen LogP contribution is 2.25. The van der Waals surface area contributed by atoms with Gasteiger partial charge in [0, 0.05) is 32.0 Å². The van der Waals surface area contributed by atoms with Crippen LogP contribution in [0.15, 0.2) is 18.3 Å². The first kappa shape index (κ1) is 13.8. The number of ether oxygens (including phenoxy) is 1. The van der Waals surface area contributed by atoms with Gasteiger partial charge in [-0.05, 0) is 31.9 Å². The summed E-state index contributed by atoms with van der Waals surface area (Å²) < 4.78 is 5.50. The van der Waals surface area contributed by atoms with Gasteiger partial charge in [-0.15, -0.1) is 0 Å². The molecule has 0 radical (unpaired) electrons. The summed E-state index contributed by atoms with van der Waals surface area (Å²) in [5.74, 6) is 5.78. The predicted molar refractivity (Wildman–Crippen MR) is 72.6 cm³/mol. The molecule has 19 heavy (non-hydrogen) atoms. The number of hydrogen-bond acceptors (Lipinski definition) is 5. The van der Waals surface area contributed by atoms with Gasteiger partial charge in [0.1, 0.15) is 5.82 Å². The Morgan fingerprint density at radius 2 is 2.42 bits per heavy atom. The first-order chi connectivity index (χ1) is 9.08. The average Bonchev–Trinajstić information content (AvgIpc) is 2.46. The number of aromatic nitrogens is 1. The van der Waals surface area contributed by atoms with E-state index < -0.39 is 0 Å². The standard InChI is InChI=1S/C13H20N4O2/c1-13(19-2)5-3-7-17(9-13)12(18)10-4-6-15-11(8-10)16-14/h4,6,8H,3,5,7,9,14H2,1-2H3,(H,15,16). The third-order valence-electron chi connectivity index (χ3n) is 3.59. The number of amides is 1. The van der Waals surface area contributed by atoms with Gasteiger partial charge in [0.05, 0.1) is 5.60 Å². The Balaban J connectivity index is 2.14. The van der Waals surface area contributed by atoms with Gasteiger partial charge in [-0.2, -0.15) is 0 Å². The fourth-order valence-corrected chi connectivity index (χ4v) is 2.37. The van der Waals surface area contributed by atoms with Crippen molar-refractivity contribution in [3.05, 3.63) is 23.9 Å². The summed E-state index contributed by atoms with van der Waals surface area (Å²) in [5, 5.41) is 0. The van der Waals surface area contributed by atoms with Crippen molar-refractivity contribution < 1.29 is 9.53 Å². The van der Waals surface area contributed by atoms with E-state index in [1.54, 1.807) is 25.4 Å². The van der Waals surface area contributed by atoms with Crippen molar-refractivity contribution in [2.75, 3.05) is 25.6 Å². The molecular formula is C13H20N4O2. The minimum absolute atomic E-state index is 0.0122. The lowest BCUT2D eigenvalue weighted by Crippen LogP contribution is -2.49. The smallest absolute Gasteiger partial charge is 0.254 e. The van der Waals surface area contributed by atoms with E-state index in [9.17, 15) is 4.79 Å². The van der Waals surface area contributed by atoms with Crippen molar-refractivity contribution in [2.24, 2.45) is 5.84 Å². The lowest BCUT2D eigenvalue weighted by atomic mass is 9.94. The maximum atomic E-state index is 12.4. The second-order valence-corrected chi connectivity index (χ2v) is 5.06. The number of nitrogens with two attached hydrogens (primary N) is 1. The van der Waals surface area contributed by atoms with E-state index in [0.717, 1.165) is 19.4 Å². The van der Waals surface area contributed by atoms with E-state index in [1.807, 2.05) is 11.8 Å². The number of hydrazine groups is 1. The molecule has 1 fully saturated rings. The molecule has 1 aliphatic rings. The number of nitrogens with zero attached hydrogens (tertiary/aromatic N) is 2. The Bertz CT molecular complexity index is 466. The van der Waals surface area contributed by atoms with Crippen LogP contribution in [-0.2, 0) is 4.74 Å². The SMILES string of the molecule is COC1(C)CCCN(C(=O)c2ccnc(NN)c2)C1. The molecule has 1 aliphatic heterocycles. The van der Waals surface area contributed by atoms with E-state index in [-0.39, 0.29) is 11.5 Å². The van der Waals surface area contributed by atoms with E-state index in [2.05, 4.69) is 10.4 Å². The van der Waals surface area contributed by atoms with Crippen LogP contribution >= 0.6 is 0 Å². The average molecular weight is 264 g/mol. The van der Waals surface area contributed by atoms with Crippen molar-refractivity contribution in [1.82, 2.24) is 9.88 Å². The minimum Gasteiger partial charge on any atom is -0.377 e. The highest BCUT2D eigenvalue weighted by Gasteiger charge is 2.33. The summed E-state index contributed by atoms with van der Waals surface area (Å²) in [4.78, 5) is 18.3. The summed E-state index contributed by atoms with van der Waals surface area (Å²) in [5.41, 5.74) is 2.78. The lowest BCUT2D eigenvalue weighted by molar-refractivity contribution is -0.0440. The predicted octanol–water partition coefficient (Wildman–Crippen LogP) is 1.01. The Morgan fingerprint density at radius 3 is 3.11 bits per heavy atom. The summed E-state index contributed by atoms with van der Waals surface area (Å²) in [6.45, 7) is 3.40. The third kappa shape index (κ3) is 3.02. The number of anilines is 1. The number of nitrogen functional groups attached to an aromatic ring is 1. The number of pyridine rings is 1. The number of hydrogen-bond donors (Lipinski definition) is 2. The second-order valence-electron chi connectivity index (χ2n) is 5.06. The summed E-state index contributed by atoms with van der Waals surface area (Å²) in [7, 11) is 1.69. The molecule has 1 atom stereocenters. The Morgan fingerprint density at radius 1 is 1.63 bits per heavy atom. The summed E-state index contributed by atoms with van der Waals surface area (Å²) in [6.07, 6.45) is 3.49. The number of carbonyl (C=O) groups excluding carboxylic acids is 1. The second kappa shape index (κ2) is 5.54. The highest BCUT2D eigenvalue weighted by atomic mass is 16.5. The van der Waals surface area contributed by atoms with Crippen LogP contribution < -0.4 is 11.3 Å². The fourth-order valence-electron chi connectivity index (χ4n) is 2.37. The molecule has 104 valence electrons. The Hall–Kier alpha value is -1.66. The first-order valence-corrected chi connectivity index (χ1v) is 6.35. The van der Waals surface area contributed by atoms with Gasteiger partial charge in [-0.1, -0.05) is 0 Å². The molecule has 0 bridgehead atoms. The lowest BCUT2D eigenvalue weighted by Gasteiger charge is -2.39. The van der Waals surface area contributed by atoms with E-state index in [0.29, 0.717) is 17.9 Å². The van der Waals surface area contributed by atoms with Crippen LogP contribution in [0.2, 0.25) is 0 Å². The van der Waals surface area contributed by atoms with Gasteiger partial charge in [0.15, 0.2) is 0 Å². The number of piperidine rings is 1. The van der Waals surface area contributed by atoms with E-state index in [4.69, 9.17) is 10.6 Å². The van der Waals surface area contributed by atoms with Crippen LogP contribution in [-0.4, -0.2) is 41.6 Å². The summed E-state index contributed by atoms with van der Waals surface area (Å²) in [6, 6.07) is 3.35. The van der Waals surface area contributed by atoms with Crippen molar-refractivity contribution in [2.45, 2.75) is 25.4 Å². The van der Waals surface area contributed by atoms with Crippen LogP contribution in [0.1, 0.15) is 30.1 Å². The number of methoxy groups -OCH3 is 1. The van der Waals surface area contributed by atoms with E-state index in [1.165, 1.54) is 0 Å². The maximum Gasteiger partial charge on any atom is 0.254 e. The van der Waals surface area contributed by atoms with Crippen molar-refractivity contribution in [3.8, 4) is 0 Å². The largest absolute Gasteiger partial charge is 0.377 e. The van der Waals surface area contributed by atoms with Gasteiger partial charge in [0.25, 0.3) is 5.91 Å². The van der Waals surface area contributed by atoms with Crippen LogP contribution in [0, 0.1) is 0 Å². The molecule has 2 heterocycles. The molecule has 0 spiro atoms. The molecule has 1 saturated heterocycles. The molecule has 1 aromatic heterocycles. The number of carbonyl (C=O) groups is 1. The molecular weight excluding hydrogens is 244 g/mol. The summed E-state index contributed by atoms with van der Waals surface area (Å²) >= 11 is 0. The molecule has 1 unspecified atom stereocenters. The zero-order chi connectivity index (χ0) is 13.9. The van der Waals surface area contributed by atoms with Crippen LogP contribution in [0.3, 0.4) is 0 Å². The van der Waals surface area contributed by atoms with E-state index >= 15 is 0 Å². The quantitative estimate of drug-likeness (QED) is 0.629. The molecule has 6 nitrogen and oxygen atoms in total. The highest BCUT2D eigenvalue weighted by molar-refractivity contribution is 5.94. The van der Waals surface area contributed by atoms with Gasteiger partial charge in [-0.3, -0.25) is 4.79 Å². The molecule has 3 N–H and O–H groups in total. The number of likely N-dealkylation sites (tertiary alicyclic amines) is 1. The van der Waals surface area contributed by atoms with Crippen LogP contribution in [0.25, 0.3) is 0 Å². The number of nitrogens with one attached hydrogen (secondary N) is 1. The van der Waals surface area contributed by atoms with Crippen LogP contribution in [0.5, 0.6) is 0 Å². The van der Waals surface area contributed by atoms with Gasteiger partial charge >= 0.3 is 0 Å². The molecule has 0 aliphatic carbocycles. The van der Waals surface area contributed by atoms with Crippen molar-refractivity contribution in [1.29, 1.82) is 0 Å². The minimum atomic E-state index is -0.254. The molecule has 2 rings (SSSR count). The Labute approximate surface area is 112 Å². The fraction of sp³-hybridized carbons (Fsp3) is 0.538. The zero-order valence-electron chi connectivity index (χ0n) is 11.3. The molecule has 0 saturated carbocycles. The number of rotatable bonds is 3. The molecule has 1 aromatic rings. The zero-order valence-corrected chi connectivity index (χ0v) is 11.3. The van der Waals surface area contributed by atoms with Gasteiger partial charge in [0.2, 0.25) is 0 Å².